The molecule has 0 saturated carbocycles. The molecule has 2 heterocycles. The summed E-state index contributed by atoms with van der Waals surface area (Å²) in [5.74, 6) is 1.65. The Labute approximate surface area is 260 Å². The van der Waals surface area contributed by atoms with Gasteiger partial charge in [-0.2, -0.15) is 0 Å². The van der Waals surface area contributed by atoms with Gasteiger partial charge in [0.05, 0.1) is 38.5 Å². The number of benzene rings is 6. The molecule has 8 rings (SSSR count). The molecule has 44 heavy (non-hydrogen) atoms. The molecule has 4 nitrogen and oxygen atoms in total. The second-order valence-electron chi connectivity index (χ2n) is 10.9. The van der Waals surface area contributed by atoms with E-state index in [4.69, 9.17) is 21.6 Å². The number of halogens is 1. The average Bonchev–Trinajstić information content (AvgIpc) is 3.63. The fourth-order valence-corrected chi connectivity index (χ4v) is 6.62. The smallest absolute Gasteiger partial charge is 0.146 e. The van der Waals surface area contributed by atoms with Gasteiger partial charge in [0.1, 0.15) is 11.6 Å². The van der Waals surface area contributed by atoms with E-state index in [1.54, 1.807) is 0 Å². The highest BCUT2D eigenvalue weighted by molar-refractivity contribution is 6.34. The maximum atomic E-state index is 7.52. The molecule has 0 N–H and O–H groups in total. The van der Waals surface area contributed by atoms with Gasteiger partial charge in [0.2, 0.25) is 0 Å². The summed E-state index contributed by atoms with van der Waals surface area (Å²) in [5.41, 5.74) is 9.68. The normalized spacial score (nSPS) is 11.5. The van der Waals surface area contributed by atoms with Gasteiger partial charge in [0, 0.05) is 11.1 Å². The number of imidazole rings is 2. The van der Waals surface area contributed by atoms with E-state index in [0.717, 1.165) is 78.1 Å². The third kappa shape index (κ3) is 3.99. The number of hydrogen-bond donors (Lipinski definition) is 0. The van der Waals surface area contributed by atoms with Gasteiger partial charge in [-0.05, 0) is 65.2 Å². The Kier molecular flexibility index (Phi) is 6.17. The summed E-state index contributed by atoms with van der Waals surface area (Å²) in [7, 11) is 0. The second-order valence-corrected chi connectivity index (χ2v) is 11.3. The van der Waals surface area contributed by atoms with Gasteiger partial charge >= 0.3 is 0 Å². The Balaban J connectivity index is 1.43. The van der Waals surface area contributed by atoms with Crippen molar-refractivity contribution >= 4 is 50.5 Å². The number of nitrogens with zero attached hydrogens (tertiary/aromatic N) is 4. The zero-order valence-electron chi connectivity index (χ0n) is 24.1. The van der Waals surface area contributed by atoms with Crippen molar-refractivity contribution in [3.05, 3.63) is 150 Å². The summed E-state index contributed by atoms with van der Waals surface area (Å²) in [5, 5.41) is 2.90. The van der Waals surface area contributed by atoms with Crippen LogP contribution in [-0.2, 0) is 0 Å². The molecule has 0 fully saturated rings. The zero-order valence-corrected chi connectivity index (χ0v) is 24.8. The fraction of sp³-hybridized carbons (Fsp3) is 0.0256. The molecular weight excluding hydrogens is 560 g/mol. The highest BCUT2D eigenvalue weighted by Gasteiger charge is 2.23. The second kappa shape index (κ2) is 10.4. The quantitative estimate of drug-likeness (QED) is 0.201. The van der Waals surface area contributed by atoms with Crippen molar-refractivity contribution in [3.8, 4) is 34.2 Å². The summed E-state index contributed by atoms with van der Waals surface area (Å²) in [6, 6.07) is 43.6. The largest absolute Gasteiger partial charge is 0.291 e. The Bertz CT molecular complexity index is 2390. The van der Waals surface area contributed by atoms with Crippen LogP contribution in [0.2, 0.25) is 5.02 Å². The first-order chi connectivity index (χ1) is 21.6. The predicted molar refractivity (Wildman–Crippen MR) is 184 cm³/mol. The summed E-state index contributed by atoms with van der Waals surface area (Å²) in [6.45, 7) is 6.21. The van der Waals surface area contributed by atoms with Gasteiger partial charge < -0.3 is 0 Å². The molecule has 8 aromatic rings. The molecule has 0 aliphatic heterocycles. The minimum absolute atomic E-state index is 0.606. The van der Waals surface area contributed by atoms with Crippen LogP contribution in [0.1, 0.15) is 11.1 Å². The summed E-state index contributed by atoms with van der Waals surface area (Å²) >= 11 is 7.52. The minimum atomic E-state index is 0.606. The third-order valence-electron chi connectivity index (χ3n) is 8.36. The van der Waals surface area contributed by atoms with Crippen LogP contribution in [0.4, 0.5) is 0 Å². The predicted octanol–water partition coefficient (Wildman–Crippen LogP) is 10.5. The molecular formula is C39H27ClN4. The molecule has 0 spiro atoms. The van der Waals surface area contributed by atoms with Crippen LogP contribution in [0.15, 0.2) is 134 Å². The lowest BCUT2D eigenvalue weighted by Crippen LogP contribution is -2.04. The van der Waals surface area contributed by atoms with Crippen molar-refractivity contribution in [1.82, 2.24) is 19.1 Å². The fourth-order valence-electron chi connectivity index (χ4n) is 6.32. The first kappa shape index (κ1) is 26.2. The number of rotatable bonds is 5. The van der Waals surface area contributed by atoms with Crippen molar-refractivity contribution in [1.29, 1.82) is 0 Å². The number of aryl methyl sites for hydroxylation is 1. The third-order valence-corrected chi connectivity index (χ3v) is 8.75. The molecule has 6 aromatic carbocycles. The van der Waals surface area contributed by atoms with E-state index in [0.29, 0.717) is 5.02 Å². The van der Waals surface area contributed by atoms with Crippen LogP contribution in [0.5, 0.6) is 0 Å². The van der Waals surface area contributed by atoms with Gasteiger partial charge in [-0.25, -0.2) is 9.97 Å². The Morgan fingerprint density at radius 1 is 0.591 bits per heavy atom. The molecule has 0 saturated heterocycles. The van der Waals surface area contributed by atoms with E-state index in [1.165, 1.54) is 0 Å². The minimum Gasteiger partial charge on any atom is -0.291 e. The van der Waals surface area contributed by atoms with Crippen LogP contribution >= 0.6 is 11.6 Å². The van der Waals surface area contributed by atoms with Crippen molar-refractivity contribution in [3.63, 3.8) is 0 Å². The first-order valence-corrected chi connectivity index (χ1v) is 15.0. The molecule has 0 atom stereocenters. The van der Waals surface area contributed by atoms with Crippen molar-refractivity contribution in [2.45, 2.75) is 6.92 Å². The highest BCUT2D eigenvalue weighted by Crippen LogP contribution is 2.40. The lowest BCUT2D eigenvalue weighted by molar-refractivity contribution is 1.07. The first-order valence-electron chi connectivity index (χ1n) is 14.6. The topological polar surface area (TPSA) is 35.6 Å². The molecule has 0 bridgehead atoms. The highest BCUT2D eigenvalue weighted by atomic mass is 35.5. The Morgan fingerprint density at radius 3 is 1.80 bits per heavy atom. The molecule has 0 radical (unpaired) electrons. The van der Waals surface area contributed by atoms with Gasteiger partial charge in [-0.1, -0.05) is 115 Å². The van der Waals surface area contributed by atoms with E-state index in [2.05, 4.69) is 114 Å². The number of fused-ring (bicyclic) bond motifs is 3. The number of hydrogen-bond acceptors (Lipinski definition) is 2. The van der Waals surface area contributed by atoms with Gasteiger partial charge in [0.25, 0.3) is 0 Å². The summed E-state index contributed by atoms with van der Waals surface area (Å²) in [6.07, 6.45) is 1.90. The number of aromatic nitrogens is 4. The lowest BCUT2D eigenvalue weighted by atomic mass is 10.0. The van der Waals surface area contributed by atoms with E-state index >= 15 is 0 Å². The van der Waals surface area contributed by atoms with Gasteiger partial charge in [-0.3, -0.25) is 9.13 Å². The number of para-hydroxylation sites is 4. The standard InChI is InChI=1S/C39H27ClN4/c1-3-27-25(2)13-10-17-29(27)38-41-31-19-6-8-21-33(31)43(38)35-23-12-24-36(37(35)40)44-34-22-9-7-20-32(34)42-39(44)30-18-11-15-26-14-4-5-16-28(26)30/h3-24H,1H2,2H3. The maximum Gasteiger partial charge on any atom is 0.146 e. The van der Waals surface area contributed by atoms with Crippen LogP contribution < -0.4 is 0 Å². The van der Waals surface area contributed by atoms with E-state index in [-0.39, 0.29) is 0 Å². The van der Waals surface area contributed by atoms with Crippen molar-refractivity contribution in [2.24, 2.45) is 0 Å². The molecule has 5 heteroatoms. The zero-order chi connectivity index (χ0) is 29.8. The molecule has 0 amide bonds. The maximum absolute atomic E-state index is 7.52. The van der Waals surface area contributed by atoms with Crippen LogP contribution in [0.3, 0.4) is 0 Å². The average molecular weight is 587 g/mol. The van der Waals surface area contributed by atoms with Crippen LogP contribution in [-0.4, -0.2) is 19.1 Å². The Hall–Kier alpha value is -5.45. The molecule has 2 aromatic heterocycles. The van der Waals surface area contributed by atoms with E-state index < -0.39 is 0 Å². The van der Waals surface area contributed by atoms with Gasteiger partial charge in [-0.15, -0.1) is 0 Å². The van der Waals surface area contributed by atoms with Gasteiger partial charge in [0.15, 0.2) is 0 Å². The summed E-state index contributed by atoms with van der Waals surface area (Å²) in [4.78, 5) is 10.3. The Morgan fingerprint density at radius 2 is 1.11 bits per heavy atom. The summed E-state index contributed by atoms with van der Waals surface area (Å²) < 4.78 is 4.35. The molecule has 210 valence electrons. The van der Waals surface area contributed by atoms with Crippen molar-refractivity contribution in [2.75, 3.05) is 0 Å². The van der Waals surface area contributed by atoms with Crippen molar-refractivity contribution < 1.29 is 0 Å². The molecule has 0 aliphatic rings. The van der Waals surface area contributed by atoms with Crippen LogP contribution in [0, 0.1) is 6.92 Å². The lowest BCUT2D eigenvalue weighted by Gasteiger charge is -2.18. The van der Waals surface area contributed by atoms with Crippen LogP contribution in [0.25, 0.3) is 73.1 Å². The monoisotopic (exact) mass is 586 g/mol. The molecule has 0 aliphatic carbocycles. The van der Waals surface area contributed by atoms with E-state index in [9.17, 15) is 0 Å². The van der Waals surface area contributed by atoms with E-state index in [1.807, 2.05) is 42.5 Å². The molecule has 0 unspecified atom stereocenters. The SMILES string of the molecule is C=Cc1c(C)cccc1-c1nc2ccccc2n1-c1cccc(-n2c(-c3cccc4ccccc34)nc3ccccc32)c1Cl.